The van der Waals surface area contributed by atoms with E-state index in [1.54, 1.807) is 25.2 Å². The van der Waals surface area contributed by atoms with E-state index in [4.69, 9.17) is 23.2 Å². The zero-order chi connectivity index (χ0) is 26.3. The summed E-state index contributed by atoms with van der Waals surface area (Å²) in [7, 11) is 1.81. The normalized spacial score (nSPS) is 18.3. The van der Waals surface area contributed by atoms with Gasteiger partial charge < -0.3 is 15.2 Å². The summed E-state index contributed by atoms with van der Waals surface area (Å²) < 4.78 is 40.6. The highest BCUT2D eigenvalue weighted by molar-refractivity contribution is 6.35. The van der Waals surface area contributed by atoms with Crippen LogP contribution in [0.4, 0.5) is 18.9 Å². The van der Waals surface area contributed by atoms with Gasteiger partial charge in [0.1, 0.15) is 5.69 Å². The van der Waals surface area contributed by atoms with E-state index >= 15 is 0 Å². The average molecular weight is 549 g/mol. The lowest BCUT2D eigenvalue weighted by Gasteiger charge is -2.37. The molecule has 4 aromatic rings. The maximum Gasteiger partial charge on any atom is 0.433 e. The summed E-state index contributed by atoms with van der Waals surface area (Å²) in [6.45, 7) is 0. The fourth-order valence-electron chi connectivity index (χ4n) is 5.22. The van der Waals surface area contributed by atoms with Crippen molar-refractivity contribution >= 4 is 56.6 Å². The van der Waals surface area contributed by atoms with Crippen molar-refractivity contribution in [2.45, 2.75) is 50.4 Å². The molecule has 0 bridgehead atoms. The van der Waals surface area contributed by atoms with Crippen LogP contribution >= 0.6 is 23.2 Å². The Kier molecular flexibility index (Phi) is 6.98. The molecule has 1 amide bonds. The van der Waals surface area contributed by atoms with Crippen LogP contribution in [0.3, 0.4) is 0 Å². The smallest absolute Gasteiger partial charge is 0.371 e. The van der Waals surface area contributed by atoms with E-state index in [9.17, 15) is 18.0 Å². The highest BCUT2D eigenvalue weighted by Gasteiger charge is 2.35. The minimum Gasteiger partial charge on any atom is -0.371 e. The number of hydrogen-bond donors (Lipinski definition) is 2. The second kappa shape index (κ2) is 10.1. The number of H-pyrrole nitrogens is 1. The number of carbonyl (C=O) groups excluding carboxylic acids is 1. The number of aromatic amines is 1. The molecule has 2 heterocycles. The SMILES string of the molecule is CN(c1cc(C(F)(F)F)nc2ccc(Cl)cc12)C1CCC(NC(=O)Cc2c[nH]c3cccc(Cl)c23)CC1. The molecule has 10 heteroatoms. The fraction of sp³-hybridized carbons (Fsp3) is 0.333. The predicted octanol–water partition coefficient (Wildman–Crippen LogP) is 7.15. The van der Waals surface area contributed by atoms with Gasteiger partial charge in [0.25, 0.3) is 0 Å². The molecule has 0 saturated heterocycles. The van der Waals surface area contributed by atoms with Crippen molar-refractivity contribution in [2.75, 3.05) is 11.9 Å². The monoisotopic (exact) mass is 548 g/mol. The third kappa shape index (κ3) is 5.36. The van der Waals surface area contributed by atoms with Crippen LogP contribution in [-0.2, 0) is 17.4 Å². The van der Waals surface area contributed by atoms with Crippen molar-refractivity contribution in [2.24, 2.45) is 0 Å². The highest BCUT2D eigenvalue weighted by Crippen LogP contribution is 2.37. The number of aromatic nitrogens is 2. The van der Waals surface area contributed by atoms with Crippen LogP contribution in [0.1, 0.15) is 36.9 Å². The van der Waals surface area contributed by atoms with Gasteiger partial charge in [-0.15, -0.1) is 0 Å². The van der Waals surface area contributed by atoms with Crippen LogP contribution in [0.5, 0.6) is 0 Å². The molecule has 1 fully saturated rings. The molecule has 1 aliphatic rings. The van der Waals surface area contributed by atoms with Gasteiger partial charge in [-0.2, -0.15) is 13.2 Å². The number of carbonyl (C=O) groups is 1. The third-order valence-corrected chi connectivity index (χ3v) is 7.67. The molecule has 0 atom stereocenters. The first-order valence-corrected chi connectivity index (χ1v) is 12.8. The van der Waals surface area contributed by atoms with Crippen molar-refractivity contribution in [1.29, 1.82) is 0 Å². The van der Waals surface area contributed by atoms with E-state index < -0.39 is 11.9 Å². The van der Waals surface area contributed by atoms with Crippen LogP contribution in [-0.4, -0.2) is 35.0 Å². The predicted molar refractivity (Wildman–Crippen MR) is 141 cm³/mol. The van der Waals surface area contributed by atoms with E-state index in [-0.39, 0.29) is 29.9 Å². The lowest BCUT2D eigenvalue weighted by Crippen LogP contribution is -2.43. The number of pyridine rings is 1. The van der Waals surface area contributed by atoms with Gasteiger partial charge in [0, 0.05) is 52.3 Å². The van der Waals surface area contributed by atoms with Crippen LogP contribution in [0.2, 0.25) is 10.0 Å². The average Bonchev–Trinajstić information content (AvgIpc) is 3.26. The highest BCUT2D eigenvalue weighted by atomic mass is 35.5. The van der Waals surface area contributed by atoms with E-state index in [2.05, 4.69) is 15.3 Å². The number of hydrogen-bond acceptors (Lipinski definition) is 3. The summed E-state index contributed by atoms with van der Waals surface area (Å²) in [5, 5.41) is 5.59. The number of benzene rings is 2. The van der Waals surface area contributed by atoms with Crippen LogP contribution in [0.25, 0.3) is 21.8 Å². The number of amides is 1. The molecule has 1 aliphatic carbocycles. The second-order valence-electron chi connectivity index (χ2n) is 9.52. The van der Waals surface area contributed by atoms with Crippen molar-refractivity contribution in [3.05, 3.63) is 70.0 Å². The van der Waals surface area contributed by atoms with E-state index in [1.807, 2.05) is 23.2 Å². The number of anilines is 1. The van der Waals surface area contributed by atoms with Crippen molar-refractivity contribution in [3.63, 3.8) is 0 Å². The zero-order valence-corrected chi connectivity index (χ0v) is 21.5. The van der Waals surface area contributed by atoms with E-state index in [0.29, 0.717) is 21.1 Å². The minimum atomic E-state index is -4.56. The largest absolute Gasteiger partial charge is 0.433 e. The van der Waals surface area contributed by atoms with Gasteiger partial charge in [-0.3, -0.25) is 4.79 Å². The molecule has 0 spiro atoms. The van der Waals surface area contributed by atoms with Crippen LogP contribution in [0, 0.1) is 0 Å². The minimum absolute atomic E-state index is 0.00666. The van der Waals surface area contributed by atoms with Crippen molar-refractivity contribution in [1.82, 2.24) is 15.3 Å². The first-order chi connectivity index (χ1) is 17.6. The molecule has 0 aliphatic heterocycles. The first kappa shape index (κ1) is 25.7. The number of alkyl halides is 3. The lowest BCUT2D eigenvalue weighted by molar-refractivity contribution is -0.140. The maximum atomic E-state index is 13.5. The number of nitrogens with one attached hydrogen (secondary N) is 2. The molecule has 2 aromatic heterocycles. The van der Waals surface area contributed by atoms with Gasteiger partial charge in [0.15, 0.2) is 0 Å². The van der Waals surface area contributed by atoms with Crippen molar-refractivity contribution < 1.29 is 18.0 Å². The summed E-state index contributed by atoms with van der Waals surface area (Å²) in [6, 6.07) is 11.4. The number of fused-ring (bicyclic) bond motifs is 2. The number of rotatable bonds is 5. The summed E-state index contributed by atoms with van der Waals surface area (Å²) >= 11 is 12.5. The molecule has 1 saturated carbocycles. The summed E-state index contributed by atoms with van der Waals surface area (Å²) in [5.41, 5.74) is 1.50. The molecule has 37 heavy (non-hydrogen) atoms. The summed E-state index contributed by atoms with van der Waals surface area (Å²) in [6.07, 6.45) is 0.380. The van der Waals surface area contributed by atoms with Gasteiger partial charge in [-0.1, -0.05) is 29.3 Å². The van der Waals surface area contributed by atoms with Crippen LogP contribution < -0.4 is 10.2 Å². The summed E-state index contributed by atoms with van der Waals surface area (Å²) in [4.78, 5) is 21.6. The molecule has 2 N–H and O–H groups in total. The Balaban J connectivity index is 1.26. The Labute approximate surface area is 221 Å². The zero-order valence-electron chi connectivity index (χ0n) is 20.0. The summed E-state index contributed by atoms with van der Waals surface area (Å²) in [5.74, 6) is -0.0813. The second-order valence-corrected chi connectivity index (χ2v) is 10.4. The number of halogens is 5. The molecule has 0 unspecified atom stereocenters. The standard InChI is InChI=1S/C27H25Cl2F3N4O/c1-36(23-13-24(27(30,31)32)35-21-10-5-16(28)12-19(21)23)18-8-6-17(7-9-18)34-25(37)11-15-14-33-22-4-2-3-20(29)26(15)22/h2-5,10,12-14,17-18,33H,6-9,11H2,1H3,(H,34,37). The number of nitrogens with zero attached hydrogens (tertiary/aromatic N) is 2. The molecule has 194 valence electrons. The molecular formula is C27H25Cl2F3N4O. The van der Waals surface area contributed by atoms with Crippen molar-refractivity contribution in [3.8, 4) is 0 Å². The first-order valence-electron chi connectivity index (χ1n) is 12.0. The molecule has 0 radical (unpaired) electrons. The third-order valence-electron chi connectivity index (χ3n) is 7.12. The fourth-order valence-corrected chi connectivity index (χ4v) is 5.69. The Morgan fingerprint density at radius 2 is 1.89 bits per heavy atom. The van der Waals surface area contributed by atoms with Gasteiger partial charge in [0.2, 0.25) is 5.91 Å². The molecule has 2 aromatic carbocycles. The molecular weight excluding hydrogens is 524 g/mol. The van der Waals surface area contributed by atoms with Gasteiger partial charge in [-0.05, 0) is 67.6 Å². The Bertz CT molecular complexity index is 1460. The Hall–Kier alpha value is -2.97. The molecule has 5 nitrogen and oxygen atoms in total. The Morgan fingerprint density at radius 3 is 2.62 bits per heavy atom. The van der Waals surface area contributed by atoms with E-state index in [1.165, 1.54) is 6.07 Å². The van der Waals surface area contributed by atoms with Gasteiger partial charge >= 0.3 is 6.18 Å². The van der Waals surface area contributed by atoms with E-state index in [0.717, 1.165) is 48.2 Å². The molecule has 5 rings (SSSR count). The topological polar surface area (TPSA) is 61.0 Å². The quantitative estimate of drug-likeness (QED) is 0.278. The maximum absolute atomic E-state index is 13.5. The lowest BCUT2D eigenvalue weighted by atomic mass is 9.89. The van der Waals surface area contributed by atoms with Gasteiger partial charge in [-0.25, -0.2) is 4.98 Å². The Morgan fingerprint density at radius 1 is 1.14 bits per heavy atom. The van der Waals surface area contributed by atoms with Gasteiger partial charge in [0.05, 0.1) is 17.0 Å². The van der Waals surface area contributed by atoms with Crippen LogP contribution in [0.15, 0.2) is 48.7 Å².